The molecule has 0 aliphatic carbocycles. The molecule has 0 amide bonds. The van der Waals surface area contributed by atoms with Crippen LogP contribution in [0.15, 0.2) is 55.7 Å². The van der Waals surface area contributed by atoms with Crippen LogP contribution in [-0.4, -0.2) is 0 Å². The predicted octanol–water partition coefficient (Wildman–Crippen LogP) is 7.19. The second-order valence-corrected chi connectivity index (χ2v) is 5.13. The van der Waals surface area contributed by atoms with E-state index < -0.39 is 0 Å². The molecule has 0 aliphatic rings. The third-order valence-corrected chi connectivity index (χ3v) is 3.50. The molecule has 2 rings (SSSR count). The maximum Gasteiger partial charge on any atom is -0.00363 e. The Morgan fingerprint density at radius 2 is 1.50 bits per heavy atom. The lowest BCUT2D eigenvalue weighted by atomic mass is 9.97. The van der Waals surface area contributed by atoms with Crippen molar-refractivity contribution in [2.45, 2.75) is 54.9 Å². The molecule has 0 atom stereocenters. The van der Waals surface area contributed by atoms with Gasteiger partial charge < -0.3 is 0 Å². The maximum absolute atomic E-state index is 4.14. The van der Waals surface area contributed by atoms with Gasteiger partial charge in [0.1, 0.15) is 0 Å². The van der Waals surface area contributed by atoms with Crippen molar-refractivity contribution in [1.82, 2.24) is 0 Å². The zero-order valence-electron chi connectivity index (χ0n) is 18.0. The van der Waals surface area contributed by atoms with Crippen molar-refractivity contribution >= 4 is 29.5 Å². The molecular weight excluding hydrogens is 312 g/mol. The summed E-state index contributed by atoms with van der Waals surface area (Å²) in [7, 11) is 0. The van der Waals surface area contributed by atoms with Gasteiger partial charge in [0.25, 0.3) is 0 Å². The Balaban J connectivity index is 0. The minimum atomic E-state index is 1.06. The van der Waals surface area contributed by atoms with E-state index in [1.165, 1.54) is 21.6 Å². The summed E-state index contributed by atoms with van der Waals surface area (Å²) in [5, 5.41) is 4.78. The van der Waals surface area contributed by atoms with Gasteiger partial charge in [-0.3, -0.25) is 0 Å². The zero-order chi connectivity index (χ0) is 20.5. The van der Waals surface area contributed by atoms with Gasteiger partial charge in [-0.2, -0.15) is 0 Å². The number of hydrogen-bond acceptors (Lipinski definition) is 0. The van der Waals surface area contributed by atoms with Crippen molar-refractivity contribution in [3.05, 3.63) is 77.2 Å². The first-order chi connectivity index (χ1) is 12.6. The molecule has 26 heavy (non-hydrogen) atoms. The van der Waals surface area contributed by atoms with Crippen LogP contribution in [0.5, 0.6) is 0 Å². The van der Waals surface area contributed by atoms with Crippen molar-refractivity contribution < 1.29 is 0 Å². The van der Waals surface area contributed by atoms with E-state index in [4.69, 9.17) is 0 Å². The van der Waals surface area contributed by atoms with Crippen molar-refractivity contribution in [3.8, 4) is 0 Å². The lowest BCUT2D eigenvalue weighted by molar-refractivity contribution is 1.23. The van der Waals surface area contributed by atoms with Gasteiger partial charge in [-0.1, -0.05) is 102 Å². The fourth-order valence-corrected chi connectivity index (χ4v) is 2.31. The molecule has 0 heterocycles. The molecule has 0 saturated carbocycles. The highest BCUT2D eigenvalue weighted by Crippen LogP contribution is 2.17. The zero-order valence-corrected chi connectivity index (χ0v) is 18.0. The molecule has 0 bridgehead atoms. The van der Waals surface area contributed by atoms with Gasteiger partial charge in [-0.15, -0.1) is 6.58 Å². The SMILES string of the molecule is C=CCC.C=Cc1ccc(C)c2/c(=C\C=C/C)ccc(=C)c12.CC.CC. The lowest BCUT2D eigenvalue weighted by Crippen LogP contribution is -2.12. The summed E-state index contributed by atoms with van der Waals surface area (Å²) in [6.07, 6.45) is 11.1. The highest BCUT2D eigenvalue weighted by Gasteiger charge is 2.03. The number of hydrogen-bond donors (Lipinski definition) is 0. The van der Waals surface area contributed by atoms with Gasteiger partial charge in [0.05, 0.1) is 0 Å². The van der Waals surface area contributed by atoms with E-state index >= 15 is 0 Å². The minimum absolute atomic E-state index is 1.06. The van der Waals surface area contributed by atoms with Gasteiger partial charge >= 0.3 is 0 Å². The van der Waals surface area contributed by atoms with Crippen LogP contribution >= 0.6 is 0 Å². The van der Waals surface area contributed by atoms with Crippen LogP contribution in [0.25, 0.3) is 29.5 Å². The van der Waals surface area contributed by atoms with Crippen LogP contribution < -0.4 is 10.4 Å². The standard InChI is InChI=1S/C18H18.C4H8.2C2H6/c1-5-7-8-16-12-10-13(3)17-15(6-2)11-9-14(4)18(16)17;1-3-4-2;2*1-2/h5-12H,2-3H2,1,4H3;3H,1,4H2,2H3;2*1-2H3/b7-5-,16-8-;;;. The molecule has 0 aliphatic heterocycles. The van der Waals surface area contributed by atoms with E-state index in [1.54, 1.807) is 0 Å². The van der Waals surface area contributed by atoms with Crippen molar-refractivity contribution in [1.29, 1.82) is 0 Å². The molecule has 0 N–H and O–H groups in total. The quantitative estimate of drug-likeness (QED) is 0.514. The first-order valence-electron chi connectivity index (χ1n) is 9.68. The van der Waals surface area contributed by atoms with E-state index in [9.17, 15) is 0 Å². The van der Waals surface area contributed by atoms with Crippen LogP contribution in [0.2, 0.25) is 0 Å². The van der Waals surface area contributed by atoms with E-state index in [1.807, 2.05) is 52.8 Å². The Morgan fingerprint density at radius 3 is 1.96 bits per heavy atom. The molecule has 142 valence electrons. The summed E-state index contributed by atoms with van der Waals surface area (Å²) in [5.74, 6) is 0. The molecule has 0 nitrogen and oxygen atoms in total. The summed E-state index contributed by atoms with van der Waals surface area (Å²) < 4.78 is 0. The largest absolute Gasteiger partial charge is 0.103 e. The maximum atomic E-state index is 4.14. The number of fused-ring (bicyclic) bond motifs is 1. The van der Waals surface area contributed by atoms with Crippen molar-refractivity contribution in [2.75, 3.05) is 0 Å². The first-order valence-corrected chi connectivity index (χ1v) is 9.68. The average Bonchev–Trinajstić information content (AvgIpc) is 2.71. The van der Waals surface area contributed by atoms with E-state index in [-0.39, 0.29) is 0 Å². The Labute approximate surface area is 162 Å². The van der Waals surface area contributed by atoms with E-state index in [2.05, 4.69) is 70.0 Å². The molecule has 2 aromatic rings. The van der Waals surface area contributed by atoms with E-state index in [0.29, 0.717) is 0 Å². The fourth-order valence-electron chi connectivity index (χ4n) is 2.31. The number of aryl methyl sites for hydroxylation is 1. The predicted molar refractivity (Wildman–Crippen MR) is 126 cm³/mol. The monoisotopic (exact) mass is 350 g/mol. The van der Waals surface area contributed by atoms with Gasteiger partial charge in [-0.05, 0) is 52.6 Å². The topological polar surface area (TPSA) is 0 Å². The molecule has 0 spiro atoms. The smallest absolute Gasteiger partial charge is 0.00363 e. The van der Waals surface area contributed by atoms with Gasteiger partial charge in [0.2, 0.25) is 0 Å². The Kier molecular flexibility index (Phi) is 16.1. The first kappa shape index (κ1) is 25.9. The molecule has 0 unspecified atom stereocenters. The second-order valence-electron chi connectivity index (χ2n) is 5.13. The molecule has 0 aromatic heterocycles. The van der Waals surface area contributed by atoms with Crippen LogP contribution in [-0.2, 0) is 0 Å². The molecule has 0 fully saturated rings. The van der Waals surface area contributed by atoms with E-state index in [0.717, 1.165) is 17.2 Å². The summed E-state index contributed by atoms with van der Waals surface area (Å²) in [6, 6.07) is 8.46. The third kappa shape index (κ3) is 7.70. The summed E-state index contributed by atoms with van der Waals surface area (Å²) in [5.41, 5.74) is 2.42. The van der Waals surface area contributed by atoms with Crippen LogP contribution in [0.1, 0.15) is 59.1 Å². The highest BCUT2D eigenvalue weighted by atomic mass is 14.1. The van der Waals surface area contributed by atoms with Gasteiger partial charge in [-0.25, -0.2) is 0 Å². The molecular formula is C26H38. The van der Waals surface area contributed by atoms with Gasteiger partial charge in [0.15, 0.2) is 0 Å². The van der Waals surface area contributed by atoms with Crippen molar-refractivity contribution in [3.63, 3.8) is 0 Å². The second kappa shape index (κ2) is 16.1. The fraction of sp³-hybridized carbons (Fsp3) is 0.308. The normalized spacial score (nSPS) is 10.0. The average molecular weight is 351 g/mol. The number of rotatable bonds is 3. The Morgan fingerprint density at radius 1 is 0.923 bits per heavy atom. The summed E-state index contributed by atoms with van der Waals surface area (Å²) >= 11 is 0. The summed E-state index contributed by atoms with van der Waals surface area (Å²) in [6.45, 7) is 25.7. The van der Waals surface area contributed by atoms with Crippen LogP contribution in [0.4, 0.5) is 0 Å². The van der Waals surface area contributed by atoms with Crippen molar-refractivity contribution in [2.24, 2.45) is 0 Å². The molecule has 0 saturated heterocycles. The number of allylic oxidation sites excluding steroid dienone is 3. The molecule has 0 radical (unpaired) electrons. The molecule has 0 heteroatoms. The highest BCUT2D eigenvalue weighted by molar-refractivity contribution is 5.94. The van der Waals surface area contributed by atoms with Crippen LogP contribution in [0, 0.1) is 6.92 Å². The van der Waals surface area contributed by atoms with Gasteiger partial charge in [0, 0.05) is 0 Å². The summed E-state index contributed by atoms with van der Waals surface area (Å²) in [4.78, 5) is 0. The minimum Gasteiger partial charge on any atom is -0.103 e. The van der Waals surface area contributed by atoms with Crippen LogP contribution in [0.3, 0.4) is 0 Å². The number of benzene rings is 2. The third-order valence-electron chi connectivity index (χ3n) is 3.50. The Hall–Kier alpha value is -2.34. The molecule has 2 aromatic carbocycles. The lowest BCUT2D eigenvalue weighted by Gasteiger charge is -2.07. The Bertz CT molecular complexity index is 789.